The van der Waals surface area contributed by atoms with E-state index in [-0.39, 0.29) is 12.1 Å². The third-order valence-electron chi connectivity index (χ3n) is 8.25. The van der Waals surface area contributed by atoms with Gasteiger partial charge in [-0.15, -0.1) is 13.2 Å². The van der Waals surface area contributed by atoms with Crippen molar-refractivity contribution in [3.8, 4) is 11.5 Å². The second kappa shape index (κ2) is 11.9. The van der Waals surface area contributed by atoms with Crippen LogP contribution in [0.25, 0.3) is 0 Å². The SMILES string of the molecule is CC1CCC(C2CCC(CCc3ccc(OC(F)(F)c4cc(F)c(OC(F)(F)F)c(F)c4)c(F)c3)CC2)CC1. The predicted octanol–water partition coefficient (Wildman–Crippen LogP) is 9.70. The molecule has 0 spiro atoms. The molecule has 0 atom stereocenters. The number of aryl methyl sites for hydroxylation is 1. The average molecular weight is 565 g/mol. The first-order chi connectivity index (χ1) is 18.3. The van der Waals surface area contributed by atoms with Crippen molar-refractivity contribution in [2.75, 3.05) is 0 Å². The van der Waals surface area contributed by atoms with E-state index >= 15 is 0 Å². The van der Waals surface area contributed by atoms with Crippen LogP contribution in [-0.2, 0) is 12.5 Å². The lowest BCUT2D eigenvalue weighted by molar-refractivity contribution is -0.276. The number of hydrogen-bond acceptors (Lipinski definition) is 2. The molecule has 0 amide bonds. The van der Waals surface area contributed by atoms with Crippen molar-refractivity contribution in [1.29, 1.82) is 0 Å². The number of hydrogen-bond donors (Lipinski definition) is 0. The Morgan fingerprint density at radius 3 is 1.82 bits per heavy atom. The van der Waals surface area contributed by atoms with E-state index in [0.29, 0.717) is 17.9 Å². The zero-order valence-corrected chi connectivity index (χ0v) is 21.6. The maximum absolute atomic E-state index is 14.6. The Kier molecular flexibility index (Phi) is 9.01. The summed E-state index contributed by atoms with van der Waals surface area (Å²) in [4.78, 5) is 0. The molecule has 2 nitrogen and oxygen atoms in total. The van der Waals surface area contributed by atoms with Crippen LogP contribution in [0.15, 0.2) is 30.3 Å². The monoisotopic (exact) mass is 564 g/mol. The maximum atomic E-state index is 14.6. The smallest absolute Gasteiger partial charge is 0.426 e. The lowest BCUT2D eigenvalue weighted by atomic mass is 9.69. The fourth-order valence-electron chi connectivity index (χ4n) is 6.00. The average Bonchev–Trinajstić information content (AvgIpc) is 2.86. The molecule has 216 valence electrons. The van der Waals surface area contributed by atoms with Crippen LogP contribution in [0.1, 0.15) is 75.8 Å². The van der Waals surface area contributed by atoms with Crippen molar-refractivity contribution < 1.29 is 44.6 Å². The Hall–Kier alpha value is -2.52. The summed E-state index contributed by atoms with van der Waals surface area (Å²) >= 11 is 0. The van der Waals surface area contributed by atoms with Gasteiger partial charge < -0.3 is 9.47 Å². The van der Waals surface area contributed by atoms with E-state index in [4.69, 9.17) is 0 Å². The second-order valence-electron chi connectivity index (χ2n) is 11.0. The fourth-order valence-corrected chi connectivity index (χ4v) is 6.00. The van der Waals surface area contributed by atoms with Gasteiger partial charge in [0.05, 0.1) is 5.56 Å². The van der Waals surface area contributed by atoms with Crippen molar-refractivity contribution in [2.45, 2.75) is 83.6 Å². The molecule has 0 N–H and O–H groups in total. The molecule has 2 aliphatic rings. The molecule has 0 saturated heterocycles. The molecule has 2 aliphatic carbocycles. The molecule has 0 unspecified atom stereocenters. The highest BCUT2D eigenvalue weighted by Gasteiger charge is 2.40. The van der Waals surface area contributed by atoms with Crippen molar-refractivity contribution in [2.24, 2.45) is 23.7 Å². The molecule has 2 saturated carbocycles. The van der Waals surface area contributed by atoms with Crippen LogP contribution in [0.5, 0.6) is 11.5 Å². The molecule has 0 heterocycles. The molecule has 10 heteroatoms. The van der Waals surface area contributed by atoms with Crippen LogP contribution in [0.3, 0.4) is 0 Å². The van der Waals surface area contributed by atoms with Crippen LogP contribution < -0.4 is 9.47 Å². The van der Waals surface area contributed by atoms with Crippen LogP contribution >= 0.6 is 0 Å². The van der Waals surface area contributed by atoms with E-state index in [0.717, 1.165) is 49.1 Å². The van der Waals surface area contributed by atoms with Crippen LogP contribution in [-0.4, -0.2) is 6.36 Å². The lowest BCUT2D eigenvalue weighted by Crippen LogP contribution is -2.25. The van der Waals surface area contributed by atoms with Crippen molar-refractivity contribution >= 4 is 0 Å². The highest BCUT2D eigenvalue weighted by atomic mass is 19.4. The van der Waals surface area contributed by atoms with E-state index in [1.807, 2.05) is 0 Å². The number of halogens is 8. The zero-order valence-electron chi connectivity index (χ0n) is 21.6. The summed E-state index contributed by atoms with van der Waals surface area (Å²) in [5.41, 5.74) is -0.828. The standard InChI is InChI=1S/C29H32F8O2/c1-17-2-9-20(10-3-17)21-11-6-18(7-12-21)4-5-19-8-13-26(23(30)14-19)38-28(33,34)22-15-24(31)27(25(32)16-22)39-29(35,36)37/h8,13-18,20-21H,2-7,9-12H2,1H3. The van der Waals surface area contributed by atoms with Gasteiger partial charge in [-0.05, 0) is 92.0 Å². The van der Waals surface area contributed by atoms with Crippen LogP contribution in [0, 0.1) is 41.1 Å². The molecule has 0 radical (unpaired) electrons. The van der Waals surface area contributed by atoms with Gasteiger partial charge in [-0.2, -0.15) is 8.78 Å². The fraction of sp³-hybridized carbons (Fsp3) is 0.586. The van der Waals surface area contributed by atoms with Gasteiger partial charge in [-0.3, -0.25) is 0 Å². The highest BCUT2D eigenvalue weighted by molar-refractivity contribution is 5.35. The van der Waals surface area contributed by atoms with Gasteiger partial charge >= 0.3 is 12.5 Å². The molecule has 0 aliphatic heterocycles. The predicted molar refractivity (Wildman–Crippen MR) is 129 cm³/mol. The highest BCUT2D eigenvalue weighted by Crippen LogP contribution is 2.42. The van der Waals surface area contributed by atoms with Gasteiger partial charge in [0.15, 0.2) is 23.2 Å². The maximum Gasteiger partial charge on any atom is 0.573 e. The van der Waals surface area contributed by atoms with Gasteiger partial charge in [-0.1, -0.05) is 38.7 Å². The third-order valence-corrected chi connectivity index (χ3v) is 8.25. The Bertz CT molecular complexity index is 1090. The topological polar surface area (TPSA) is 18.5 Å². The summed E-state index contributed by atoms with van der Waals surface area (Å²) in [6, 6.07) is 3.43. The number of ether oxygens (including phenoxy) is 2. The first kappa shape index (κ1) is 29.5. The lowest BCUT2D eigenvalue weighted by Gasteiger charge is -2.37. The Morgan fingerprint density at radius 1 is 0.718 bits per heavy atom. The second-order valence-corrected chi connectivity index (χ2v) is 11.0. The summed E-state index contributed by atoms with van der Waals surface area (Å²) in [5, 5.41) is 0. The van der Waals surface area contributed by atoms with Crippen LogP contribution in [0.4, 0.5) is 35.1 Å². The van der Waals surface area contributed by atoms with E-state index < -0.39 is 47.0 Å². The first-order valence-electron chi connectivity index (χ1n) is 13.4. The van der Waals surface area contributed by atoms with Crippen molar-refractivity contribution in [1.82, 2.24) is 0 Å². The quantitative estimate of drug-likeness (QED) is 0.297. The van der Waals surface area contributed by atoms with Gasteiger partial charge in [0.1, 0.15) is 0 Å². The normalized spacial score (nSPS) is 24.4. The van der Waals surface area contributed by atoms with Crippen molar-refractivity contribution in [3.63, 3.8) is 0 Å². The minimum Gasteiger partial charge on any atom is -0.426 e. The summed E-state index contributed by atoms with van der Waals surface area (Å²) in [5.74, 6) is -4.85. The van der Waals surface area contributed by atoms with Gasteiger partial charge in [0.2, 0.25) is 5.75 Å². The summed E-state index contributed by atoms with van der Waals surface area (Å²) in [7, 11) is 0. The van der Waals surface area contributed by atoms with Gasteiger partial charge in [-0.25, -0.2) is 13.2 Å². The third kappa shape index (κ3) is 7.78. The Balaban J connectivity index is 1.31. The first-order valence-corrected chi connectivity index (χ1v) is 13.4. The largest absolute Gasteiger partial charge is 0.573 e. The van der Waals surface area contributed by atoms with E-state index in [2.05, 4.69) is 16.4 Å². The molecule has 4 rings (SSSR count). The van der Waals surface area contributed by atoms with Crippen molar-refractivity contribution in [3.05, 3.63) is 58.9 Å². The molecule has 39 heavy (non-hydrogen) atoms. The number of rotatable bonds is 8. The molecule has 0 aromatic heterocycles. The summed E-state index contributed by atoms with van der Waals surface area (Å²) < 4.78 is 116. The minimum atomic E-state index is -5.43. The number of benzene rings is 2. The van der Waals surface area contributed by atoms with Crippen LogP contribution in [0.2, 0.25) is 0 Å². The van der Waals surface area contributed by atoms with Gasteiger partial charge in [0, 0.05) is 0 Å². The molecule has 2 aromatic carbocycles. The molecule has 2 fully saturated rings. The number of alkyl halides is 5. The molecular weight excluding hydrogens is 532 g/mol. The van der Waals surface area contributed by atoms with E-state index in [1.54, 1.807) is 0 Å². The Labute approximate surface area is 222 Å². The van der Waals surface area contributed by atoms with Gasteiger partial charge in [0.25, 0.3) is 0 Å². The Morgan fingerprint density at radius 2 is 1.28 bits per heavy atom. The summed E-state index contributed by atoms with van der Waals surface area (Å²) in [6.45, 7) is 2.32. The van der Waals surface area contributed by atoms with E-state index in [1.165, 1.54) is 44.6 Å². The minimum absolute atomic E-state index is 0.0556. The van der Waals surface area contributed by atoms with E-state index in [9.17, 15) is 35.1 Å². The molecular formula is C29H32F8O2. The molecule has 2 aromatic rings. The zero-order chi connectivity index (χ0) is 28.4. The summed E-state index contributed by atoms with van der Waals surface area (Å²) in [6.07, 6.45) is 1.54. The molecule has 0 bridgehead atoms.